The number of hydrogen-bond acceptors (Lipinski definition) is 2. The maximum Gasteiger partial charge on any atom is 0.416 e. The molecule has 2 nitrogen and oxygen atoms in total. The Balaban J connectivity index is 3.05. The number of benzene rings is 1. The number of Topliss-reactive ketones (excluding diaryl/α,β-unsaturated/α-hetero) is 1. The largest absolute Gasteiger partial charge is 0.416 e. The van der Waals surface area contributed by atoms with Gasteiger partial charge in [-0.15, -0.1) is 0 Å². The number of carbonyl (C=O) groups excluding carboxylic acids is 1. The first kappa shape index (κ1) is 18.4. The molecule has 0 unspecified atom stereocenters. The van der Waals surface area contributed by atoms with Gasteiger partial charge in [0.1, 0.15) is 0 Å². The minimum Gasteiger partial charge on any atom is -0.311 e. The van der Waals surface area contributed by atoms with Gasteiger partial charge in [0.05, 0.1) is 11.5 Å². The van der Waals surface area contributed by atoms with E-state index in [1.807, 2.05) is 20.8 Å². The third kappa shape index (κ3) is 5.30. The lowest BCUT2D eigenvalue weighted by Crippen LogP contribution is -2.40. The van der Waals surface area contributed by atoms with E-state index in [0.717, 1.165) is 12.1 Å². The summed E-state index contributed by atoms with van der Waals surface area (Å²) in [6.07, 6.45) is -4.38. The van der Waals surface area contributed by atoms with Crippen LogP contribution in [0.3, 0.4) is 0 Å². The zero-order valence-corrected chi connectivity index (χ0v) is 13.3. The molecular weight excluding hydrogens is 291 g/mol. The third-order valence-corrected chi connectivity index (χ3v) is 3.21. The Morgan fingerprint density at radius 3 is 2.05 bits per heavy atom. The van der Waals surface area contributed by atoms with Crippen molar-refractivity contribution in [3.8, 4) is 0 Å². The van der Waals surface area contributed by atoms with Gasteiger partial charge in [-0.05, 0) is 51.0 Å². The molecule has 22 heavy (non-hydrogen) atoms. The molecule has 1 aromatic rings. The van der Waals surface area contributed by atoms with Gasteiger partial charge in [-0.25, -0.2) is 0 Å². The number of ketones is 1. The molecule has 0 amide bonds. The van der Waals surface area contributed by atoms with E-state index < -0.39 is 17.7 Å². The Morgan fingerprint density at radius 1 is 1.18 bits per heavy atom. The predicted octanol–water partition coefficient (Wildman–Crippen LogP) is 4.32. The Bertz CT molecular complexity index is 539. The van der Waals surface area contributed by atoms with Crippen LogP contribution in [-0.4, -0.2) is 17.9 Å². The topological polar surface area (TPSA) is 29.1 Å². The van der Waals surface area contributed by atoms with Gasteiger partial charge in [0, 0.05) is 12.1 Å². The van der Waals surface area contributed by atoms with Crippen LogP contribution in [0.4, 0.5) is 13.2 Å². The van der Waals surface area contributed by atoms with Crippen LogP contribution in [-0.2, 0) is 11.0 Å². The predicted molar refractivity (Wildman–Crippen MR) is 81.8 cm³/mol. The summed E-state index contributed by atoms with van der Waals surface area (Å²) in [4.78, 5) is 12.3. The first-order chi connectivity index (χ1) is 9.92. The van der Waals surface area contributed by atoms with E-state index in [0.29, 0.717) is 17.7 Å². The molecule has 1 atom stereocenters. The van der Waals surface area contributed by atoms with Gasteiger partial charge in [-0.3, -0.25) is 4.79 Å². The second-order valence-corrected chi connectivity index (χ2v) is 6.45. The second kappa shape index (κ2) is 6.65. The molecule has 0 spiro atoms. The van der Waals surface area contributed by atoms with Crippen molar-refractivity contribution < 1.29 is 18.0 Å². The van der Waals surface area contributed by atoms with Gasteiger partial charge in [0.15, 0.2) is 5.78 Å². The highest BCUT2D eigenvalue weighted by molar-refractivity contribution is 5.99. The van der Waals surface area contributed by atoms with Gasteiger partial charge >= 0.3 is 6.18 Å². The molecule has 1 N–H and O–H groups in total. The quantitative estimate of drug-likeness (QED) is 0.820. The van der Waals surface area contributed by atoms with Crippen molar-refractivity contribution in [2.75, 3.05) is 6.54 Å². The first-order valence-corrected chi connectivity index (χ1v) is 7.04. The average Bonchev–Trinajstić information content (AvgIpc) is 2.36. The minimum atomic E-state index is -4.38. The Kier molecular flexibility index (Phi) is 5.57. The van der Waals surface area contributed by atoms with Crippen LogP contribution < -0.4 is 5.32 Å². The summed E-state index contributed by atoms with van der Waals surface area (Å²) in [6.45, 7) is 11.5. The zero-order chi connectivity index (χ0) is 17.1. The van der Waals surface area contributed by atoms with Crippen molar-refractivity contribution in [3.63, 3.8) is 0 Å². The van der Waals surface area contributed by atoms with Crippen LogP contribution in [0.25, 0.3) is 0 Å². The lowest BCUT2D eigenvalue weighted by atomic mass is 9.90. The number of alkyl halides is 3. The standard InChI is InChI=1S/C17H22F3NO/c1-11(2)15(22)14(10-21-16(3,4)5)12-6-8-13(9-7-12)17(18,19)20/h6-9,14,21H,1,10H2,2-5H3/t14-/m1/s1. The molecule has 0 saturated heterocycles. The molecule has 0 bridgehead atoms. The fraction of sp³-hybridized carbons (Fsp3) is 0.471. The number of nitrogens with one attached hydrogen (secondary N) is 1. The van der Waals surface area contributed by atoms with Gasteiger partial charge in [0.2, 0.25) is 0 Å². The van der Waals surface area contributed by atoms with Crippen molar-refractivity contribution in [1.29, 1.82) is 0 Å². The maximum atomic E-state index is 12.6. The van der Waals surface area contributed by atoms with E-state index in [1.165, 1.54) is 12.1 Å². The summed E-state index contributed by atoms with van der Waals surface area (Å²) in [5, 5.41) is 3.22. The molecule has 0 aliphatic carbocycles. The highest BCUT2D eigenvalue weighted by Gasteiger charge is 2.31. The van der Waals surface area contributed by atoms with Gasteiger partial charge in [-0.2, -0.15) is 13.2 Å². The Labute approximate surface area is 129 Å². The maximum absolute atomic E-state index is 12.6. The fourth-order valence-corrected chi connectivity index (χ4v) is 1.97. The third-order valence-electron chi connectivity index (χ3n) is 3.21. The molecule has 0 radical (unpaired) electrons. The number of halogens is 3. The SMILES string of the molecule is C=C(C)C(=O)[C@H](CNC(C)(C)C)c1ccc(C(F)(F)F)cc1. The molecule has 0 aromatic heterocycles. The molecule has 0 heterocycles. The van der Waals surface area contributed by atoms with Crippen LogP contribution in [0.15, 0.2) is 36.4 Å². The van der Waals surface area contributed by atoms with E-state index in [4.69, 9.17) is 0 Å². The van der Waals surface area contributed by atoms with Gasteiger partial charge in [-0.1, -0.05) is 18.7 Å². The first-order valence-electron chi connectivity index (χ1n) is 7.04. The summed E-state index contributed by atoms with van der Waals surface area (Å²) in [6, 6.07) is 4.73. The number of carbonyl (C=O) groups is 1. The van der Waals surface area contributed by atoms with Gasteiger partial charge < -0.3 is 5.32 Å². The average molecular weight is 313 g/mol. The molecular formula is C17H22F3NO. The molecule has 1 aromatic carbocycles. The molecule has 1 rings (SSSR count). The molecule has 0 saturated carbocycles. The van der Waals surface area contributed by atoms with E-state index >= 15 is 0 Å². The smallest absolute Gasteiger partial charge is 0.311 e. The van der Waals surface area contributed by atoms with Crippen LogP contribution in [0.5, 0.6) is 0 Å². The highest BCUT2D eigenvalue weighted by Crippen LogP contribution is 2.30. The lowest BCUT2D eigenvalue weighted by Gasteiger charge is -2.25. The van der Waals surface area contributed by atoms with Crippen LogP contribution in [0, 0.1) is 0 Å². The molecule has 0 fully saturated rings. The summed E-state index contributed by atoms with van der Waals surface area (Å²) < 4.78 is 37.9. The van der Waals surface area contributed by atoms with E-state index in [1.54, 1.807) is 6.92 Å². The Hall–Kier alpha value is -1.62. The van der Waals surface area contributed by atoms with E-state index in [2.05, 4.69) is 11.9 Å². The van der Waals surface area contributed by atoms with Gasteiger partial charge in [0.25, 0.3) is 0 Å². The van der Waals surface area contributed by atoms with Crippen molar-refractivity contribution in [1.82, 2.24) is 5.32 Å². The lowest BCUT2D eigenvalue weighted by molar-refractivity contribution is -0.137. The fourth-order valence-electron chi connectivity index (χ4n) is 1.97. The summed E-state index contributed by atoms with van der Waals surface area (Å²) in [5.74, 6) is -0.712. The van der Waals surface area contributed by atoms with Crippen LogP contribution >= 0.6 is 0 Å². The zero-order valence-electron chi connectivity index (χ0n) is 13.3. The van der Waals surface area contributed by atoms with Crippen molar-refractivity contribution in [2.24, 2.45) is 0 Å². The highest BCUT2D eigenvalue weighted by atomic mass is 19.4. The summed E-state index contributed by atoms with van der Waals surface area (Å²) in [5.41, 5.74) is 0.0272. The Morgan fingerprint density at radius 2 is 1.68 bits per heavy atom. The van der Waals surface area contributed by atoms with Crippen molar-refractivity contribution in [3.05, 3.63) is 47.5 Å². The normalized spacial score (nSPS) is 13.8. The minimum absolute atomic E-state index is 0.170. The van der Waals surface area contributed by atoms with Crippen LogP contribution in [0.1, 0.15) is 44.7 Å². The van der Waals surface area contributed by atoms with E-state index in [-0.39, 0.29) is 11.3 Å². The van der Waals surface area contributed by atoms with Crippen LogP contribution in [0.2, 0.25) is 0 Å². The number of rotatable bonds is 5. The molecule has 0 aliphatic rings. The number of hydrogen-bond donors (Lipinski definition) is 1. The second-order valence-electron chi connectivity index (χ2n) is 6.45. The molecule has 122 valence electrons. The molecule has 0 aliphatic heterocycles. The van der Waals surface area contributed by atoms with Crippen molar-refractivity contribution >= 4 is 5.78 Å². The number of allylic oxidation sites excluding steroid dienone is 1. The molecule has 5 heteroatoms. The summed E-state index contributed by atoms with van der Waals surface area (Å²) >= 11 is 0. The van der Waals surface area contributed by atoms with E-state index in [9.17, 15) is 18.0 Å². The van der Waals surface area contributed by atoms with Crippen molar-refractivity contribution in [2.45, 2.75) is 45.3 Å². The summed E-state index contributed by atoms with van der Waals surface area (Å²) in [7, 11) is 0. The monoisotopic (exact) mass is 313 g/mol.